The second kappa shape index (κ2) is 5.45. The molecular formula is C15H16N2O5S. The number of rotatable bonds is 3. The van der Waals surface area contributed by atoms with E-state index in [0.29, 0.717) is 23.1 Å². The largest absolute Gasteiger partial charge is 0.322 e. The van der Waals surface area contributed by atoms with Crippen molar-refractivity contribution in [3.8, 4) is 0 Å². The Labute approximate surface area is 133 Å². The van der Waals surface area contributed by atoms with E-state index < -0.39 is 21.8 Å². The van der Waals surface area contributed by atoms with Gasteiger partial charge < -0.3 is 4.90 Å². The first kappa shape index (κ1) is 15.7. The van der Waals surface area contributed by atoms with Crippen LogP contribution in [0.2, 0.25) is 0 Å². The van der Waals surface area contributed by atoms with Crippen LogP contribution in [0.15, 0.2) is 18.2 Å². The zero-order valence-electron chi connectivity index (χ0n) is 12.5. The maximum Gasteiger partial charge on any atom is 0.255 e. The number of benzene rings is 1. The van der Waals surface area contributed by atoms with E-state index in [2.05, 4.69) is 5.32 Å². The smallest absolute Gasteiger partial charge is 0.255 e. The van der Waals surface area contributed by atoms with Gasteiger partial charge in [0.25, 0.3) is 5.91 Å². The molecule has 3 rings (SSSR count). The van der Waals surface area contributed by atoms with Crippen molar-refractivity contribution < 1.29 is 22.8 Å². The van der Waals surface area contributed by atoms with Gasteiger partial charge in [-0.15, -0.1) is 0 Å². The van der Waals surface area contributed by atoms with Crippen LogP contribution < -0.4 is 5.32 Å². The summed E-state index contributed by atoms with van der Waals surface area (Å²) < 4.78 is 22.8. The first-order chi connectivity index (χ1) is 10.7. The van der Waals surface area contributed by atoms with Crippen molar-refractivity contribution in [2.24, 2.45) is 0 Å². The van der Waals surface area contributed by atoms with Crippen LogP contribution in [-0.4, -0.2) is 43.3 Å². The molecule has 1 atom stereocenters. The summed E-state index contributed by atoms with van der Waals surface area (Å²) >= 11 is 0. The average molecular weight is 338 g/mol. The molecule has 0 bridgehead atoms. The molecule has 1 N–H and O–H groups in total. The summed E-state index contributed by atoms with van der Waals surface area (Å²) in [4.78, 5) is 37.1. The number of amides is 3. The molecule has 23 heavy (non-hydrogen) atoms. The number of hydrogen-bond acceptors (Lipinski definition) is 5. The summed E-state index contributed by atoms with van der Waals surface area (Å²) in [6.07, 6.45) is 1.66. The van der Waals surface area contributed by atoms with Gasteiger partial charge in [0.15, 0.2) is 9.84 Å². The number of carbonyl (C=O) groups excluding carboxylic acids is 3. The van der Waals surface area contributed by atoms with Crippen molar-refractivity contribution in [2.45, 2.75) is 31.2 Å². The van der Waals surface area contributed by atoms with Crippen molar-refractivity contribution in [1.82, 2.24) is 10.2 Å². The Balaban J connectivity index is 1.84. The SMILES string of the molecule is CS(=O)(=O)[14CH2]c1ccc2c(c1)CN(C1CCC(=O)NC1=O)C2=O. The number of nitrogens with one attached hydrogen (secondary N) is 1. The minimum atomic E-state index is -3.16. The Hall–Kier alpha value is -2.22. The van der Waals surface area contributed by atoms with Gasteiger partial charge in [0, 0.05) is 24.8 Å². The van der Waals surface area contributed by atoms with Crippen molar-refractivity contribution in [2.75, 3.05) is 6.26 Å². The van der Waals surface area contributed by atoms with E-state index in [1.165, 1.54) is 4.90 Å². The van der Waals surface area contributed by atoms with Gasteiger partial charge in [-0.05, 0) is 23.6 Å². The fraction of sp³-hybridized carbons (Fsp3) is 0.400. The molecule has 0 radical (unpaired) electrons. The summed E-state index contributed by atoms with van der Waals surface area (Å²) in [7, 11) is -3.16. The van der Waals surface area contributed by atoms with Crippen LogP contribution in [-0.2, 0) is 31.7 Å². The minimum absolute atomic E-state index is 0.0904. The molecule has 0 spiro atoms. The molecule has 7 nitrogen and oxygen atoms in total. The van der Waals surface area contributed by atoms with Gasteiger partial charge in [-0.2, -0.15) is 0 Å². The Morgan fingerprint density at radius 1 is 1.26 bits per heavy atom. The number of sulfone groups is 1. The highest BCUT2D eigenvalue weighted by molar-refractivity contribution is 7.89. The third kappa shape index (κ3) is 3.12. The molecule has 122 valence electrons. The Morgan fingerprint density at radius 2 is 2.00 bits per heavy atom. The quantitative estimate of drug-likeness (QED) is 0.782. The predicted molar refractivity (Wildman–Crippen MR) is 81.0 cm³/mol. The van der Waals surface area contributed by atoms with Crippen molar-refractivity contribution in [3.63, 3.8) is 0 Å². The first-order valence-electron chi connectivity index (χ1n) is 7.19. The second-order valence-electron chi connectivity index (χ2n) is 5.96. The topological polar surface area (TPSA) is 101 Å². The van der Waals surface area contributed by atoms with Crippen LogP contribution in [0.25, 0.3) is 0 Å². The lowest BCUT2D eigenvalue weighted by molar-refractivity contribution is -0.136. The molecule has 0 aliphatic carbocycles. The Bertz CT molecular complexity index is 815. The standard InChI is InChI=1S/C15H16N2O5S/c1-23(21,22)8-9-2-3-11-10(6-9)7-17(15(11)20)12-4-5-13(18)16-14(12)19/h2-3,6,12H,4-5,7-8H2,1H3,(H,16,18,19)/i8+2. The fourth-order valence-electron chi connectivity index (χ4n) is 3.02. The summed E-state index contributed by atoms with van der Waals surface area (Å²) in [5.74, 6) is -1.14. The molecule has 1 aromatic carbocycles. The molecule has 1 aromatic rings. The number of imide groups is 1. The number of nitrogens with zero attached hydrogens (tertiary/aromatic N) is 1. The summed E-state index contributed by atoms with van der Waals surface area (Å²) in [5.41, 5.74) is 1.80. The third-order valence-electron chi connectivity index (χ3n) is 4.02. The molecule has 0 saturated carbocycles. The molecule has 2 heterocycles. The predicted octanol–water partition coefficient (Wildman–Crippen LogP) is -0.00780. The number of hydrogen-bond donors (Lipinski definition) is 1. The Morgan fingerprint density at radius 3 is 2.65 bits per heavy atom. The van der Waals surface area contributed by atoms with Gasteiger partial charge in [0.2, 0.25) is 11.8 Å². The van der Waals surface area contributed by atoms with Gasteiger partial charge in [0.1, 0.15) is 6.04 Å². The summed E-state index contributed by atoms with van der Waals surface area (Å²) in [5, 5.41) is 2.24. The van der Waals surface area contributed by atoms with Crippen molar-refractivity contribution in [1.29, 1.82) is 0 Å². The van der Waals surface area contributed by atoms with Gasteiger partial charge in [0.05, 0.1) is 5.75 Å². The number of fused-ring (bicyclic) bond motifs is 1. The van der Waals surface area contributed by atoms with Crippen LogP contribution in [0, 0.1) is 0 Å². The normalized spacial score (nSPS) is 21.3. The van der Waals surface area contributed by atoms with Gasteiger partial charge in [-0.25, -0.2) is 8.42 Å². The van der Waals surface area contributed by atoms with Crippen molar-refractivity contribution in [3.05, 3.63) is 34.9 Å². The fourth-order valence-corrected chi connectivity index (χ4v) is 3.81. The van der Waals surface area contributed by atoms with E-state index in [9.17, 15) is 22.8 Å². The average Bonchev–Trinajstić information content (AvgIpc) is 2.74. The molecular weight excluding hydrogens is 322 g/mol. The lowest BCUT2D eigenvalue weighted by Crippen LogP contribution is -2.52. The van der Waals surface area contributed by atoms with E-state index in [4.69, 9.17) is 0 Å². The molecule has 1 saturated heterocycles. The summed E-state index contributed by atoms with van der Waals surface area (Å²) in [6.45, 7) is 0.248. The van der Waals surface area contributed by atoms with Crippen LogP contribution in [0.1, 0.15) is 34.3 Å². The molecule has 1 fully saturated rings. The molecule has 3 amide bonds. The highest BCUT2D eigenvalue weighted by Crippen LogP contribution is 2.28. The lowest BCUT2D eigenvalue weighted by Gasteiger charge is -2.29. The zero-order valence-corrected chi connectivity index (χ0v) is 13.4. The van der Waals surface area contributed by atoms with Crippen molar-refractivity contribution >= 4 is 27.6 Å². The third-order valence-corrected chi connectivity index (χ3v) is 4.87. The van der Waals surface area contributed by atoms with Crippen LogP contribution in [0.3, 0.4) is 0 Å². The first-order valence-corrected chi connectivity index (χ1v) is 9.25. The molecule has 0 aromatic heterocycles. The van der Waals surface area contributed by atoms with Gasteiger partial charge in [-0.3, -0.25) is 19.7 Å². The number of carbonyl (C=O) groups is 3. The maximum absolute atomic E-state index is 12.5. The maximum atomic E-state index is 12.5. The van der Waals surface area contributed by atoms with Crippen LogP contribution in [0.4, 0.5) is 0 Å². The van der Waals surface area contributed by atoms with Crippen LogP contribution >= 0.6 is 0 Å². The van der Waals surface area contributed by atoms with E-state index in [1.807, 2.05) is 0 Å². The van der Waals surface area contributed by atoms with E-state index in [0.717, 1.165) is 6.26 Å². The molecule has 2 aliphatic rings. The monoisotopic (exact) mass is 338 g/mol. The Kier molecular flexibility index (Phi) is 3.71. The van der Waals surface area contributed by atoms with Crippen LogP contribution in [0.5, 0.6) is 0 Å². The number of piperidine rings is 1. The summed E-state index contributed by atoms with van der Waals surface area (Å²) in [6, 6.07) is 4.25. The highest BCUT2D eigenvalue weighted by atomic mass is 32.2. The molecule has 8 heteroatoms. The zero-order chi connectivity index (χ0) is 16.8. The lowest BCUT2D eigenvalue weighted by atomic mass is 10.0. The van der Waals surface area contributed by atoms with Gasteiger partial charge in [-0.1, -0.05) is 12.1 Å². The van der Waals surface area contributed by atoms with E-state index >= 15 is 0 Å². The van der Waals surface area contributed by atoms with E-state index in [1.54, 1.807) is 18.2 Å². The second-order valence-corrected chi connectivity index (χ2v) is 8.10. The molecule has 1 unspecified atom stereocenters. The van der Waals surface area contributed by atoms with E-state index in [-0.39, 0.29) is 30.5 Å². The van der Waals surface area contributed by atoms with Gasteiger partial charge >= 0.3 is 0 Å². The molecule has 2 aliphatic heterocycles. The minimum Gasteiger partial charge on any atom is -0.322 e. The highest BCUT2D eigenvalue weighted by Gasteiger charge is 2.39.